The third kappa shape index (κ3) is 57.4. The van der Waals surface area contributed by atoms with Gasteiger partial charge < -0.3 is 19.4 Å². The number of likely N-dealkylation sites (N-methyl/N-ethyl adjacent to an activating group) is 1. The van der Waals surface area contributed by atoms with Crippen molar-refractivity contribution in [1.29, 1.82) is 0 Å². The summed E-state index contributed by atoms with van der Waals surface area (Å²) in [5.41, 5.74) is 0. The fourth-order valence-electron chi connectivity index (χ4n) is 8.58. The van der Waals surface area contributed by atoms with Gasteiger partial charge in [0.1, 0.15) is 19.3 Å². The minimum absolute atomic E-state index is 0.0219. The van der Waals surface area contributed by atoms with Crippen molar-refractivity contribution >= 4 is 19.7 Å². The molecule has 0 radical (unpaired) electrons. The highest BCUT2D eigenvalue weighted by Gasteiger charge is 2.30. The Morgan fingerprint density at radius 1 is 0.462 bits per heavy atom. The number of carbonyl (C=O) groups excluding carboxylic acids is 2. The second kappa shape index (κ2) is 56.9. The van der Waals surface area contributed by atoms with E-state index in [1.165, 1.54) is 135 Å². The van der Waals surface area contributed by atoms with Crippen molar-refractivity contribution in [2.24, 2.45) is 0 Å². The van der Waals surface area contributed by atoms with Crippen LogP contribution in [0.1, 0.15) is 258 Å². The predicted octanol–water partition coefficient (Wildman–Crippen LogP) is 19.7. The molecule has 448 valence electrons. The van der Waals surface area contributed by atoms with Crippen LogP contribution in [0.25, 0.3) is 0 Å². The average Bonchev–Trinajstić information content (AvgIpc) is 3.40. The van der Waals surface area contributed by atoms with E-state index in [-0.39, 0.29) is 37.9 Å². The van der Waals surface area contributed by atoms with Gasteiger partial charge in [0, 0.05) is 12.8 Å². The number of hydrogen-bond acceptors (Lipinski definition) is 6. The molecule has 0 fully saturated rings. The van der Waals surface area contributed by atoms with E-state index in [0.717, 1.165) is 83.5 Å². The van der Waals surface area contributed by atoms with Crippen molar-refractivity contribution in [2.75, 3.05) is 40.9 Å². The molecule has 9 nitrogen and oxygen atoms in total. The van der Waals surface area contributed by atoms with Crippen LogP contribution in [0.4, 0.5) is 0 Å². The maximum atomic E-state index is 13.5. The molecule has 0 bridgehead atoms. The van der Waals surface area contributed by atoms with Crippen LogP contribution in [0.3, 0.4) is 0 Å². The van der Waals surface area contributed by atoms with Crippen LogP contribution in [-0.2, 0) is 27.9 Å². The summed E-state index contributed by atoms with van der Waals surface area (Å²) in [5, 5.41) is 3.00. The standard InChI is InChI=1S/C68H119N2O7P/c1-7-10-13-16-19-22-25-27-29-31-32-33-34-35-36-37-38-39-41-43-46-49-52-55-58-61-68(72)77-66(59-56-53-50-47-44-24-21-18-15-12-9-3)65(64-76-78(73,74)75-63-62-70(4,5)6)69-67(71)60-57-54-51-48-45-42-40-30-28-26-23-20-17-14-11-8-2/h11,14,19-20,22-23,27-30,32-33,42,45,51,54,56,59,65-66H,7-10,12-13,15-18,21,24-26,31,34-41,43-44,46-50,52-53,55,57-58,60-64H2,1-6H3,(H-,69,71,73,74)/p+1/b14-11+,22-19-,23-20+,29-27-,30-28+,33-32-,45-42+,54-51+,59-56-. The topological polar surface area (TPSA) is 111 Å². The monoisotopic (exact) mass is 1110 g/mol. The van der Waals surface area contributed by atoms with Gasteiger partial charge in [0.2, 0.25) is 5.91 Å². The van der Waals surface area contributed by atoms with E-state index in [1.807, 2.05) is 39.4 Å². The van der Waals surface area contributed by atoms with Gasteiger partial charge in [-0.15, -0.1) is 0 Å². The zero-order chi connectivity index (χ0) is 57.2. The fourth-order valence-corrected chi connectivity index (χ4v) is 9.32. The van der Waals surface area contributed by atoms with Gasteiger partial charge in [-0.1, -0.05) is 252 Å². The molecule has 0 aromatic heterocycles. The van der Waals surface area contributed by atoms with Gasteiger partial charge in [-0.3, -0.25) is 18.6 Å². The van der Waals surface area contributed by atoms with E-state index in [1.54, 1.807) is 0 Å². The van der Waals surface area contributed by atoms with Crippen LogP contribution >= 0.6 is 7.82 Å². The molecular weight excluding hydrogens is 988 g/mol. The first kappa shape index (κ1) is 74.7. The Bertz CT molecular complexity index is 1700. The van der Waals surface area contributed by atoms with E-state index in [4.69, 9.17) is 13.8 Å². The molecule has 2 N–H and O–H groups in total. The third-order valence-corrected chi connectivity index (χ3v) is 14.4. The fraction of sp³-hybridized carbons (Fsp3) is 0.706. The van der Waals surface area contributed by atoms with E-state index in [0.29, 0.717) is 17.4 Å². The SMILES string of the molecule is CC/C=C/C/C=C/C/C=C/C/C=C/C/C=C/CCC(=O)NC(COP(=O)(O)OCC[N+](C)(C)C)C(/C=C\CCCCCCCCCCC)OC(=O)CCCCCCCCCCCCCC/C=C\C/C=C\C/C=C\CCCCC. The number of amides is 1. The lowest BCUT2D eigenvalue weighted by Crippen LogP contribution is -2.47. The first-order valence-corrected chi connectivity index (χ1v) is 33.2. The third-order valence-electron chi connectivity index (χ3n) is 13.5. The number of phosphoric ester groups is 1. The van der Waals surface area contributed by atoms with Crippen molar-refractivity contribution < 1.29 is 37.3 Å². The minimum Gasteiger partial charge on any atom is -0.456 e. The Kier molecular flexibility index (Phi) is 54.5. The van der Waals surface area contributed by atoms with Crippen LogP contribution in [0.5, 0.6) is 0 Å². The number of rotatable bonds is 56. The van der Waals surface area contributed by atoms with Crippen LogP contribution in [0.15, 0.2) is 109 Å². The number of carbonyl (C=O) groups is 2. The summed E-state index contributed by atoms with van der Waals surface area (Å²) in [7, 11) is 1.44. The van der Waals surface area contributed by atoms with Gasteiger partial charge in [0.05, 0.1) is 33.8 Å². The number of unbranched alkanes of at least 4 members (excludes halogenated alkanes) is 24. The lowest BCUT2D eigenvalue weighted by molar-refractivity contribution is -0.870. The zero-order valence-corrected chi connectivity index (χ0v) is 52.0. The minimum atomic E-state index is -4.47. The van der Waals surface area contributed by atoms with Crippen molar-refractivity contribution in [1.82, 2.24) is 5.32 Å². The highest BCUT2D eigenvalue weighted by atomic mass is 31.2. The van der Waals surface area contributed by atoms with Gasteiger partial charge >= 0.3 is 13.8 Å². The highest BCUT2D eigenvalue weighted by molar-refractivity contribution is 7.47. The maximum Gasteiger partial charge on any atom is 0.472 e. The van der Waals surface area contributed by atoms with E-state index in [2.05, 4.69) is 117 Å². The first-order valence-electron chi connectivity index (χ1n) is 31.7. The Balaban J connectivity index is 5.19. The summed E-state index contributed by atoms with van der Waals surface area (Å²) in [5.74, 6) is -0.608. The molecule has 0 saturated carbocycles. The molecule has 0 aliphatic heterocycles. The zero-order valence-electron chi connectivity index (χ0n) is 51.1. The summed E-state index contributed by atoms with van der Waals surface area (Å²) in [6.07, 6.45) is 78.3. The molecule has 0 spiro atoms. The Morgan fingerprint density at radius 3 is 1.28 bits per heavy atom. The van der Waals surface area contributed by atoms with E-state index >= 15 is 0 Å². The van der Waals surface area contributed by atoms with Gasteiger partial charge in [-0.05, 0) is 102 Å². The maximum absolute atomic E-state index is 13.5. The largest absolute Gasteiger partial charge is 0.472 e. The molecule has 0 aliphatic carbocycles. The molecule has 0 aliphatic rings. The molecule has 1 amide bonds. The van der Waals surface area contributed by atoms with Crippen LogP contribution < -0.4 is 5.32 Å². The summed E-state index contributed by atoms with van der Waals surface area (Å²) in [6, 6.07) is -0.894. The van der Waals surface area contributed by atoms with Crippen molar-refractivity contribution in [3.8, 4) is 0 Å². The number of esters is 1. The lowest BCUT2D eigenvalue weighted by Gasteiger charge is -2.27. The molecule has 10 heteroatoms. The summed E-state index contributed by atoms with van der Waals surface area (Å²) in [6.45, 7) is 6.80. The number of nitrogens with one attached hydrogen (secondary N) is 1. The molecule has 0 aromatic rings. The quantitative estimate of drug-likeness (QED) is 0.0205. The Morgan fingerprint density at radius 2 is 0.833 bits per heavy atom. The summed E-state index contributed by atoms with van der Waals surface area (Å²) >= 11 is 0. The van der Waals surface area contributed by atoms with Gasteiger partial charge in [-0.2, -0.15) is 0 Å². The molecule has 3 unspecified atom stereocenters. The van der Waals surface area contributed by atoms with Crippen molar-refractivity contribution in [3.63, 3.8) is 0 Å². The van der Waals surface area contributed by atoms with Crippen LogP contribution in [-0.4, -0.2) is 74.3 Å². The second-order valence-electron chi connectivity index (χ2n) is 22.2. The predicted molar refractivity (Wildman–Crippen MR) is 337 cm³/mol. The molecule has 0 saturated heterocycles. The first-order chi connectivity index (χ1) is 37.9. The number of quaternary nitrogens is 1. The molecule has 0 heterocycles. The lowest BCUT2D eigenvalue weighted by atomic mass is 10.0. The number of hydrogen-bond donors (Lipinski definition) is 2. The molecule has 0 rings (SSSR count). The van der Waals surface area contributed by atoms with Crippen molar-refractivity contribution in [2.45, 2.75) is 270 Å². The number of phosphoric acid groups is 1. The van der Waals surface area contributed by atoms with Gasteiger partial charge in [-0.25, -0.2) is 4.57 Å². The second-order valence-corrected chi connectivity index (χ2v) is 23.6. The normalized spacial score (nSPS) is 14.4. The molecule has 3 atom stereocenters. The molecular formula is C68H120N2O7P+. The van der Waals surface area contributed by atoms with Crippen molar-refractivity contribution in [3.05, 3.63) is 109 Å². The summed E-state index contributed by atoms with van der Waals surface area (Å²) in [4.78, 5) is 37.7. The number of nitrogens with zero attached hydrogens (tertiary/aromatic N) is 1. The number of ether oxygens (including phenoxy) is 1. The van der Waals surface area contributed by atoms with Gasteiger partial charge in [0.25, 0.3) is 0 Å². The summed E-state index contributed by atoms with van der Waals surface area (Å²) < 4.78 is 30.6. The highest BCUT2D eigenvalue weighted by Crippen LogP contribution is 2.43. The molecule has 78 heavy (non-hydrogen) atoms. The van der Waals surface area contributed by atoms with Crippen LogP contribution in [0.2, 0.25) is 0 Å². The smallest absolute Gasteiger partial charge is 0.456 e. The van der Waals surface area contributed by atoms with E-state index in [9.17, 15) is 19.0 Å². The van der Waals surface area contributed by atoms with E-state index < -0.39 is 20.0 Å². The number of allylic oxidation sites excluding steroid dienone is 17. The van der Waals surface area contributed by atoms with Gasteiger partial charge in [0.15, 0.2) is 0 Å². The average molecular weight is 1110 g/mol. The molecule has 0 aromatic carbocycles. The Labute approximate surface area is 481 Å². The van der Waals surface area contributed by atoms with Crippen LogP contribution in [0, 0.1) is 0 Å². The Hall–Kier alpha value is -3.33.